The molecule has 0 atom stereocenters. The molecular weight excluding hydrogens is 1820 g/mol. The monoisotopic (exact) mass is 1900 g/mol. The summed E-state index contributed by atoms with van der Waals surface area (Å²) in [5.41, 5.74) is 34.1. The minimum Gasteiger partial charge on any atom is -0.279 e. The van der Waals surface area contributed by atoms with E-state index in [0.29, 0.717) is 0 Å². The molecule has 0 saturated carbocycles. The van der Waals surface area contributed by atoms with Crippen molar-refractivity contribution in [1.82, 2.24) is 61.8 Å². The molecule has 0 fully saturated rings. The van der Waals surface area contributed by atoms with E-state index in [4.69, 9.17) is 34.9 Å². The minimum absolute atomic E-state index is 0.819. The van der Waals surface area contributed by atoms with E-state index < -0.39 is 0 Å². The average Bonchev–Trinajstić information content (AvgIpc) is 1.56. The summed E-state index contributed by atoms with van der Waals surface area (Å²) >= 11 is 3.72. The zero-order chi connectivity index (χ0) is 95.7. The van der Waals surface area contributed by atoms with Crippen molar-refractivity contribution in [3.8, 4) is 96.0 Å². The van der Waals surface area contributed by atoms with Gasteiger partial charge in [-0.05, 0) is 244 Å². The SMILES string of the molecule is c1ccc(-c2cc(-c3cccc(-c4ccc5c(c4)c4ccccc4n5-c4nc5ccccc5c5nc6ccccc6n45)c3)cc(-c3ccccc3)n2)cc1.c1ccc(-c2ccc3sc4ccc(-c5ccc6c(c5)c5ccccc5n6-c5nc6ccccc6c6nc7ccccc7n56)cc4c3c2)cc1.c1ccc2c(c1)nc(-n1c3ccccc3c3cc(-c4ccc5sc6ccccc6c5c4)ccc31)n1c3ccccc3nc21. The van der Waals surface area contributed by atoms with Crippen molar-refractivity contribution in [1.29, 1.82) is 0 Å². The van der Waals surface area contributed by atoms with Gasteiger partial charge in [0.25, 0.3) is 0 Å². The lowest BCUT2D eigenvalue weighted by Gasteiger charge is -2.13. The maximum absolute atomic E-state index is 5.33. The van der Waals surface area contributed by atoms with Crippen LogP contribution in [0.5, 0.6) is 0 Å². The van der Waals surface area contributed by atoms with Crippen molar-refractivity contribution in [3.63, 3.8) is 0 Å². The van der Waals surface area contributed by atoms with Gasteiger partial charge in [-0.15, -0.1) is 22.7 Å². The molecule has 0 unspecified atom stereocenters. The van der Waals surface area contributed by atoms with Gasteiger partial charge in [-0.2, -0.15) is 0 Å². The van der Waals surface area contributed by atoms with Gasteiger partial charge < -0.3 is 0 Å². The fraction of sp³-hybridized carbons (Fsp3) is 0. The highest BCUT2D eigenvalue weighted by Gasteiger charge is 2.27. The van der Waals surface area contributed by atoms with Gasteiger partial charge in [-0.3, -0.25) is 26.9 Å². The van der Waals surface area contributed by atoms with E-state index in [9.17, 15) is 0 Å². The fourth-order valence-electron chi connectivity index (χ4n) is 22.3. The summed E-state index contributed by atoms with van der Waals surface area (Å²) in [6.45, 7) is 0. The molecule has 0 radical (unpaired) electrons. The molecule has 20 aromatic carbocycles. The van der Waals surface area contributed by atoms with E-state index in [2.05, 4.69) is 458 Å². The van der Waals surface area contributed by atoms with Gasteiger partial charge in [0.2, 0.25) is 17.8 Å². The van der Waals surface area contributed by atoms with Crippen LogP contribution >= 0.6 is 22.7 Å². The lowest BCUT2D eigenvalue weighted by molar-refractivity contribution is 0.979. The maximum Gasteiger partial charge on any atom is 0.221 e. The summed E-state index contributed by atoms with van der Waals surface area (Å²) in [6, 6.07) is 170. The highest BCUT2D eigenvalue weighted by atomic mass is 32.1. The molecule has 0 amide bonds. The molecule has 0 N–H and O–H groups in total. The first-order valence-electron chi connectivity index (χ1n) is 49.1. The normalized spacial score (nSPS) is 12.0. The number of benzene rings is 20. The quantitative estimate of drug-likeness (QED) is 0.134. The van der Waals surface area contributed by atoms with Crippen molar-refractivity contribution in [3.05, 3.63) is 479 Å². The van der Waals surface area contributed by atoms with E-state index in [1.165, 1.54) is 106 Å². The van der Waals surface area contributed by atoms with Crippen LogP contribution in [0.4, 0.5) is 0 Å². The van der Waals surface area contributed by atoms with Crippen LogP contribution in [-0.2, 0) is 0 Å². The van der Waals surface area contributed by atoms with Gasteiger partial charge in [-0.25, -0.2) is 34.9 Å². The fourth-order valence-corrected chi connectivity index (χ4v) is 24.5. The predicted octanol–water partition coefficient (Wildman–Crippen LogP) is 34.2. The number of pyridine rings is 1. The summed E-state index contributed by atoms with van der Waals surface area (Å²) in [5, 5.41) is 15.5. The van der Waals surface area contributed by atoms with E-state index in [1.54, 1.807) is 0 Å². The summed E-state index contributed by atoms with van der Waals surface area (Å²) < 4.78 is 18.8. The van der Waals surface area contributed by atoms with Crippen molar-refractivity contribution in [2.24, 2.45) is 0 Å². The third kappa shape index (κ3) is 13.3. The van der Waals surface area contributed by atoms with Crippen LogP contribution in [0.2, 0.25) is 0 Å². The van der Waals surface area contributed by atoms with Crippen molar-refractivity contribution in [2.45, 2.75) is 0 Å². The van der Waals surface area contributed by atoms with Crippen LogP contribution in [0.1, 0.15) is 0 Å². The number of para-hydroxylation sites is 12. The van der Waals surface area contributed by atoms with Gasteiger partial charge >= 0.3 is 0 Å². The standard InChI is InChI=1S/C49H31N5.C44H26N4S.C38H22N4S/c1-3-14-32(15-4-1)43-30-37(31-44(50-43)33-16-5-2-6-17-33)35-19-13-18-34(28-35)36-26-27-46-40(29-36)38-20-8-11-24-45(38)53(46)49-52-41-22-9-7-21-39(41)48-51-42-23-10-12-25-47(42)54(48)49;1-2-10-27(11-3-1)28-19-22-41-34(25-28)35-26-30(20-23-42(35)49-41)29-18-21-39-33(24-29)31-12-5-8-16-38(31)47(39)44-46-36-14-6-4-13-32(36)43-45-37-15-7-9-17-40(37)48(43)44;1-4-12-30-27(11-1)37-39-31-13-5-7-15-34(31)42(37)38(40-30)41-32-14-6-2-9-25(32)28-21-23(17-19-33(28)41)24-18-20-36-29(22-24)26-10-3-8-16-35(26)43-36/h1-31H;1-26H;1-22H. The molecule has 32 rings (SSSR count). The van der Waals surface area contributed by atoms with Crippen LogP contribution in [0.25, 0.3) is 285 Å². The lowest BCUT2D eigenvalue weighted by atomic mass is 9.96. The molecule has 680 valence electrons. The molecular formula is C131H79N13S2. The number of hydrogen-bond acceptors (Lipinski definition) is 9. The van der Waals surface area contributed by atoms with Crippen LogP contribution in [-0.4, -0.2) is 61.8 Å². The molecule has 0 aliphatic carbocycles. The second-order valence-electron chi connectivity index (χ2n) is 37.5. The zero-order valence-electron chi connectivity index (χ0n) is 78.2. The number of nitrogens with zero attached hydrogens (tertiary/aromatic N) is 13. The number of rotatable bonds is 10. The first kappa shape index (κ1) is 82.7. The lowest BCUT2D eigenvalue weighted by Crippen LogP contribution is -2.06. The Bertz CT molecular complexity index is 11000. The third-order valence-corrected chi connectivity index (χ3v) is 31.4. The Morgan fingerprint density at radius 2 is 0.390 bits per heavy atom. The van der Waals surface area contributed by atoms with Crippen LogP contribution in [0.3, 0.4) is 0 Å². The van der Waals surface area contributed by atoms with Gasteiger partial charge in [0, 0.05) is 99.9 Å². The first-order valence-corrected chi connectivity index (χ1v) is 50.8. The van der Waals surface area contributed by atoms with E-state index in [-0.39, 0.29) is 0 Å². The van der Waals surface area contributed by atoms with Gasteiger partial charge in [-0.1, -0.05) is 291 Å². The number of hydrogen-bond donors (Lipinski definition) is 0. The number of fused-ring (bicyclic) bond motifs is 30. The number of thiophene rings is 2. The molecule has 32 aromatic rings. The minimum atomic E-state index is 0.819. The van der Waals surface area contributed by atoms with E-state index >= 15 is 0 Å². The Morgan fingerprint density at radius 3 is 0.767 bits per heavy atom. The maximum atomic E-state index is 5.33. The number of aromatic nitrogens is 13. The summed E-state index contributed by atoms with van der Waals surface area (Å²) in [7, 11) is 0. The van der Waals surface area contributed by atoms with Crippen LogP contribution in [0.15, 0.2) is 479 Å². The molecule has 146 heavy (non-hydrogen) atoms. The Hall–Kier alpha value is -19.2. The molecule has 0 spiro atoms. The Kier molecular flexibility index (Phi) is 18.8. The highest BCUT2D eigenvalue weighted by molar-refractivity contribution is 7.26. The second-order valence-corrected chi connectivity index (χ2v) is 39.6. The Labute approximate surface area is 841 Å². The average molecular weight is 1900 g/mol. The summed E-state index contributed by atoms with van der Waals surface area (Å²) in [6.07, 6.45) is 0. The van der Waals surface area contributed by atoms with Gasteiger partial charge in [0.1, 0.15) is 16.9 Å². The van der Waals surface area contributed by atoms with Crippen LogP contribution in [0, 0.1) is 0 Å². The zero-order valence-corrected chi connectivity index (χ0v) is 79.9. The predicted molar refractivity (Wildman–Crippen MR) is 609 cm³/mol. The van der Waals surface area contributed by atoms with Crippen LogP contribution < -0.4 is 0 Å². The second kappa shape index (κ2) is 33.2. The Balaban J connectivity index is 0.000000102. The molecule has 0 bridgehead atoms. The molecule has 15 heteroatoms. The van der Waals surface area contributed by atoms with E-state index in [0.717, 1.165) is 178 Å². The van der Waals surface area contributed by atoms with Gasteiger partial charge in [0.05, 0.1) is 94.1 Å². The topological polar surface area (TPSA) is 118 Å². The van der Waals surface area contributed by atoms with Gasteiger partial charge in [0.15, 0.2) is 0 Å². The smallest absolute Gasteiger partial charge is 0.221 e. The molecule has 12 heterocycles. The number of imidazole rings is 3. The Morgan fingerprint density at radius 1 is 0.137 bits per heavy atom. The largest absolute Gasteiger partial charge is 0.279 e. The van der Waals surface area contributed by atoms with Crippen molar-refractivity contribution >= 4 is 211 Å². The van der Waals surface area contributed by atoms with Crippen molar-refractivity contribution in [2.75, 3.05) is 0 Å². The van der Waals surface area contributed by atoms with Crippen molar-refractivity contribution < 1.29 is 0 Å². The highest BCUT2D eigenvalue weighted by Crippen LogP contribution is 2.47. The first-order chi connectivity index (χ1) is 72.4. The third-order valence-electron chi connectivity index (χ3n) is 29.1. The molecule has 12 aromatic heterocycles. The summed E-state index contributed by atoms with van der Waals surface area (Å²) in [4.78, 5) is 36.3. The molecule has 13 nitrogen and oxygen atoms in total. The molecule has 0 saturated heterocycles. The molecule has 0 aliphatic heterocycles. The molecule has 0 aliphatic rings. The summed E-state index contributed by atoms with van der Waals surface area (Å²) in [5.74, 6) is 2.49. The van der Waals surface area contributed by atoms with E-state index in [1.807, 2.05) is 71.2 Å².